The van der Waals surface area contributed by atoms with Crippen LogP contribution in [0.2, 0.25) is 5.02 Å². The van der Waals surface area contributed by atoms with Crippen molar-refractivity contribution in [2.24, 2.45) is 0 Å². The van der Waals surface area contributed by atoms with E-state index in [1.807, 2.05) is 0 Å². The van der Waals surface area contributed by atoms with E-state index >= 15 is 0 Å². The van der Waals surface area contributed by atoms with E-state index in [4.69, 9.17) is 28.2 Å². The predicted octanol–water partition coefficient (Wildman–Crippen LogP) is 4.02. The molecular weight excluding hydrogens is 464 g/mol. The second-order valence-corrected chi connectivity index (χ2v) is 8.72. The Hall–Kier alpha value is -2.69. The minimum Gasteiger partial charge on any atom is -0.550 e. The van der Waals surface area contributed by atoms with Crippen molar-refractivity contribution in [3.05, 3.63) is 56.1 Å². The van der Waals surface area contributed by atoms with Crippen LogP contribution in [0, 0.1) is 10.1 Å². The summed E-state index contributed by atoms with van der Waals surface area (Å²) in [5.74, 6) is -0.490. The summed E-state index contributed by atoms with van der Waals surface area (Å²) in [6, 6.07) is 7.41. The summed E-state index contributed by atoms with van der Waals surface area (Å²) >= 11 is 12.6. The van der Waals surface area contributed by atoms with Gasteiger partial charge in [-0.3, -0.25) is 19.8 Å². The molecule has 0 saturated carbocycles. The third-order valence-corrected chi connectivity index (χ3v) is 6.16. The summed E-state index contributed by atoms with van der Waals surface area (Å²) in [6.45, 7) is 0.414. The molecule has 1 aliphatic rings. The van der Waals surface area contributed by atoms with Crippen molar-refractivity contribution in [3.63, 3.8) is 0 Å². The number of hydrogen-bond donors (Lipinski definition) is 0. The second kappa shape index (κ2) is 10.1. The number of carboxylic acid groups (broad SMARTS) is 1. The van der Waals surface area contributed by atoms with Gasteiger partial charge in [0, 0.05) is 36.3 Å². The molecule has 31 heavy (non-hydrogen) atoms. The predicted molar refractivity (Wildman–Crippen MR) is 119 cm³/mol. The average Bonchev–Trinajstić information content (AvgIpc) is 3.27. The number of benzene rings is 1. The normalized spacial score (nSPS) is 15.1. The summed E-state index contributed by atoms with van der Waals surface area (Å²) < 4.78 is 6.18. The Labute approximate surface area is 192 Å². The van der Waals surface area contributed by atoms with Crippen LogP contribution < -0.4 is 5.11 Å². The van der Waals surface area contributed by atoms with Crippen LogP contribution in [0.15, 0.2) is 39.7 Å². The fourth-order valence-electron chi connectivity index (χ4n) is 2.93. The largest absolute Gasteiger partial charge is 0.550 e. The summed E-state index contributed by atoms with van der Waals surface area (Å²) in [6.07, 6.45) is 3.36. The molecule has 0 N–H and O–H groups in total. The number of non-ortho nitro benzene ring substituents is 1. The van der Waals surface area contributed by atoms with Gasteiger partial charge in [0.25, 0.3) is 11.6 Å². The Morgan fingerprint density at radius 1 is 1.26 bits per heavy atom. The number of aliphatic carboxylic acids is 1. The van der Waals surface area contributed by atoms with Crippen molar-refractivity contribution in [1.29, 1.82) is 0 Å². The minimum atomic E-state index is -1.08. The van der Waals surface area contributed by atoms with Gasteiger partial charge in [-0.2, -0.15) is 0 Å². The second-order valence-electron chi connectivity index (χ2n) is 6.64. The van der Waals surface area contributed by atoms with Crippen LogP contribution in [0.5, 0.6) is 0 Å². The van der Waals surface area contributed by atoms with Gasteiger partial charge in [0.1, 0.15) is 15.8 Å². The van der Waals surface area contributed by atoms with Gasteiger partial charge in [0.05, 0.1) is 14.9 Å². The SMILES string of the molecule is O=C([O-])CCCCCN1C(=O)/C(=C\c2ccc(-c3ccc([N+](=O)[O-])cc3Cl)o2)SC1=S. The van der Waals surface area contributed by atoms with Gasteiger partial charge in [-0.1, -0.05) is 42.0 Å². The first-order valence-corrected chi connectivity index (χ1v) is 10.9. The van der Waals surface area contributed by atoms with Gasteiger partial charge in [0.2, 0.25) is 0 Å². The Balaban J connectivity index is 1.67. The third-order valence-electron chi connectivity index (χ3n) is 4.47. The van der Waals surface area contributed by atoms with Gasteiger partial charge < -0.3 is 14.3 Å². The maximum atomic E-state index is 12.6. The van der Waals surface area contributed by atoms with E-state index in [1.54, 1.807) is 18.2 Å². The molecule has 0 spiro atoms. The van der Waals surface area contributed by atoms with E-state index in [9.17, 15) is 24.8 Å². The molecule has 1 amide bonds. The molecule has 8 nitrogen and oxygen atoms in total. The lowest BCUT2D eigenvalue weighted by Crippen LogP contribution is -2.29. The number of unbranched alkanes of at least 4 members (excludes halogenated alkanes) is 2. The number of carbonyl (C=O) groups is 2. The fourth-order valence-corrected chi connectivity index (χ4v) is 4.49. The van der Waals surface area contributed by atoms with E-state index in [-0.39, 0.29) is 23.0 Å². The maximum absolute atomic E-state index is 12.6. The molecule has 1 saturated heterocycles. The molecule has 0 bridgehead atoms. The Morgan fingerprint density at radius 3 is 2.71 bits per heavy atom. The lowest BCUT2D eigenvalue weighted by atomic mass is 10.1. The monoisotopic (exact) mass is 479 g/mol. The highest BCUT2D eigenvalue weighted by molar-refractivity contribution is 8.26. The van der Waals surface area contributed by atoms with Gasteiger partial charge in [-0.05, 0) is 37.5 Å². The third kappa shape index (κ3) is 5.72. The van der Waals surface area contributed by atoms with E-state index in [0.29, 0.717) is 52.1 Å². The smallest absolute Gasteiger partial charge is 0.270 e. The van der Waals surface area contributed by atoms with Crippen molar-refractivity contribution in [3.8, 4) is 11.3 Å². The minimum absolute atomic E-state index is 0.00208. The molecule has 0 radical (unpaired) electrons. The zero-order valence-corrected chi connectivity index (χ0v) is 18.4. The molecule has 0 aliphatic carbocycles. The van der Waals surface area contributed by atoms with E-state index in [2.05, 4.69) is 0 Å². The van der Waals surface area contributed by atoms with Gasteiger partial charge in [-0.25, -0.2) is 0 Å². The average molecular weight is 480 g/mol. The molecule has 0 atom stereocenters. The lowest BCUT2D eigenvalue weighted by Gasteiger charge is -2.14. The van der Waals surface area contributed by atoms with Crippen molar-refractivity contribution in [2.75, 3.05) is 6.54 Å². The summed E-state index contributed by atoms with van der Waals surface area (Å²) in [4.78, 5) is 35.3. The Morgan fingerprint density at radius 2 is 2.03 bits per heavy atom. The first-order valence-electron chi connectivity index (χ1n) is 9.25. The van der Waals surface area contributed by atoms with Gasteiger partial charge in [0.15, 0.2) is 0 Å². The van der Waals surface area contributed by atoms with Crippen molar-refractivity contribution >= 4 is 63.5 Å². The number of amides is 1. The first kappa shape index (κ1) is 23.0. The van der Waals surface area contributed by atoms with Crippen molar-refractivity contribution < 1.29 is 24.0 Å². The van der Waals surface area contributed by atoms with Crippen LogP contribution in [0.4, 0.5) is 5.69 Å². The van der Waals surface area contributed by atoms with Gasteiger partial charge in [-0.15, -0.1) is 0 Å². The molecule has 3 rings (SSSR count). The van der Waals surface area contributed by atoms with Crippen molar-refractivity contribution in [2.45, 2.75) is 25.7 Å². The number of hydrogen-bond acceptors (Lipinski definition) is 8. The zero-order chi connectivity index (χ0) is 22.5. The molecule has 162 valence electrons. The van der Waals surface area contributed by atoms with Crippen LogP contribution in [0.25, 0.3) is 17.4 Å². The van der Waals surface area contributed by atoms with E-state index in [0.717, 1.165) is 11.8 Å². The van der Waals surface area contributed by atoms with Crippen LogP contribution in [-0.2, 0) is 9.59 Å². The fraction of sp³-hybridized carbons (Fsp3) is 0.250. The number of carbonyl (C=O) groups excluding carboxylic acids is 2. The highest BCUT2D eigenvalue weighted by Crippen LogP contribution is 2.35. The van der Waals surface area contributed by atoms with Crippen LogP contribution in [0.3, 0.4) is 0 Å². The Kier molecular flexibility index (Phi) is 7.47. The molecule has 2 heterocycles. The number of nitro groups is 1. The molecule has 11 heteroatoms. The summed E-state index contributed by atoms with van der Waals surface area (Å²) in [5.41, 5.74) is 0.375. The maximum Gasteiger partial charge on any atom is 0.270 e. The van der Waals surface area contributed by atoms with E-state index in [1.165, 1.54) is 23.1 Å². The number of carboxylic acids is 1. The summed E-state index contributed by atoms with van der Waals surface area (Å²) in [7, 11) is 0. The molecular formula is C20H16ClN2O6S2-. The number of thiocarbonyl (C=S) groups is 1. The number of thioether (sulfide) groups is 1. The van der Waals surface area contributed by atoms with Crippen LogP contribution in [-0.4, -0.2) is 32.6 Å². The number of nitrogens with zero attached hydrogens (tertiary/aromatic N) is 2. The topological polar surface area (TPSA) is 117 Å². The van der Waals surface area contributed by atoms with Gasteiger partial charge >= 0.3 is 0 Å². The quantitative estimate of drug-likeness (QED) is 0.174. The molecule has 1 fully saturated rings. The van der Waals surface area contributed by atoms with Crippen molar-refractivity contribution in [1.82, 2.24) is 4.90 Å². The zero-order valence-electron chi connectivity index (χ0n) is 16.0. The number of rotatable bonds is 9. The molecule has 0 unspecified atom stereocenters. The standard InChI is InChI=1S/C20H17ClN2O6S2/c21-15-10-12(23(27)28)5-7-14(15)16-8-6-13(29-16)11-17-19(26)22(20(30)31-17)9-3-1-2-4-18(24)25/h5-8,10-11H,1-4,9H2,(H,24,25)/p-1/b17-11+. The molecule has 1 aromatic carbocycles. The number of nitro benzene ring substituents is 1. The highest BCUT2D eigenvalue weighted by atomic mass is 35.5. The molecule has 1 aliphatic heterocycles. The molecule has 1 aromatic heterocycles. The highest BCUT2D eigenvalue weighted by Gasteiger charge is 2.31. The molecule has 2 aromatic rings. The van der Waals surface area contributed by atoms with Crippen LogP contribution in [0.1, 0.15) is 31.4 Å². The number of halogens is 1. The number of furan rings is 1. The lowest BCUT2D eigenvalue weighted by molar-refractivity contribution is -0.384. The summed E-state index contributed by atoms with van der Waals surface area (Å²) in [5, 5.41) is 21.5. The van der Waals surface area contributed by atoms with E-state index < -0.39 is 10.9 Å². The first-order chi connectivity index (χ1) is 14.8. The van der Waals surface area contributed by atoms with Crippen LogP contribution >= 0.6 is 35.6 Å². The Bertz CT molecular complexity index is 1080.